The minimum Gasteiger partial charge on any atom is -0.462 e. The molecule has 1 atom stereocenters. The van der Waals surface area contributed by atoms with Crippen LogP contribution in [0.3, 0.4) is 0 Å². The number of carbonyl (C=O) groups is 3. The summed E-state index contributed by atoms with van der Waals surface area (Å²) in [7, 11) is 0. The molecular weight excluding hydrogens is 985 g/mol. The number of hydrogen-bond donors (Lipinski definition) is 0. The Balaban J connectivity index is 4.13. The first-order valence-electron chi connectivity index (χ1n) is 34.2. The van der Waals surface area contributed by atoms with Gasteiger partial charge < -0.3 is 14.2 Å². The first-order valence-corrected chi connectivity index (χ1v) is 34.2. The molecule has 0 N–H and O–H groups in total. The van der Waals surface area contributed by atoms with Gasteiger partial charge in [0.2, 0.25) is 0 Å². The molecule has 80 heavy (non-hydrogen) atoms. The van der Waals surface area contributed by atoms with E-state index in [1.807, 2.05) is 0 Å². The Hall–Kier alpha value is -3.67. The van der Waals surface area contributed by atoms with Gasteiger partial charge in [0.15, 0.2) is 6.10 Å². The van der Waals surface area contributed by atoms with Crippen LogP contribution in [0.4, 0.5) is 0 Å². The van der Waals surface area contributed by atoms with Gasteiger partial charge in [0.05, 0.1) is 0 Å². The topological polar surface area (TPSA) is 78.9 Å². The number of ether oxygens (including phenoxy) is 3. The van der Waals surface area contributed by atoms with E-state index in [1.54, 1.807) is 0 Å². The molecule has 0 aliphatic heterocycles. The van der Waals surface area contributed by atoms with E-state index in [9.17, 15) is 14.4 Å². The van der Waals surface area contributed by atoms with Crippen LogP contribution in [0.25, 0.3) is 0 Å². The monoisotopic (exact) mass is 1110 g/mol. The van der Waals surface area contributed by atoms with Gasteiger partial charge in [0, 0.05) is 19.3 Å². The van der Waals surface area contributed by atoms with Crippen molar-refractivity contribution in [2.75, 3.05) is 13.2 Å². The molecule has 0 saturated carbocycles. The van der Waals surface area contributed by atoms with Crippen LogP contribution in [0, 0.1) is 0 Å². The first-order chi connectivity index (χ1) is 39.5. The summed E-state index contributed by atoms with van der Waals surface area (Å²) >= 11 is 0. The minimum atomic E-state index is -0.777. The first kappa shape index (κ1) is 76.3. The zero-order chi connectivity index (χ0) is 57.8. The zero-order valence-corrected chi connectivity index (χ0v) is 52.8. The Bertz CT molecular complexity index is 1560. The smallest absolute Gasteiger partial charge is 0.306 e. The summed E-state index contributed by atoms with van der Waals surface area (Å²) in [6, 6.07) is 0. The Labute approximate surface area is 496 Å². The van der Waals surface area contributed by atoms with Crippen molar-refractivity contribution < 1.29 is 28.6 Å². The molecule has 0 rings (SSSR count). The average Bonchev–Trinajstić information content (AvgIpc) is 3.46. The van der Waals surface area contributed by atoms with Crippen molar-refractivity contribution in [3.63, 3.8) is 0 Å². The highest BCUT2D eigenvalue weighted by Gasteiger charge is 2.19. The van der Waals surface area contributed by atoms with Crippen molar-refractivity contribution in [3.05, 3.63) is 97.2 Å². The molecule has 0 fully saturated rings. The van der Waals surface area contributed by atoms with Crippen LogP contribution in [0.5, 0.6) is 0 Å². The van der Waals surface area contributed by atoms with Crippen LogP contribution >= 0.6 is 0 Å². The van der Waals surface area contributed by atoms with Crippen LogP contribution in [-0.4, -0.2) is 37.2 Å². The fourth-order valence-electron chi connectivity index (χ4n) is 9.71. The maximum atomic E-state index is 12.9. The maximum absolute atomic E-state index is 12.9. The summed E-state index contributed by atoms with van der Waals surface area (Å²) in [5, 5.41) is 0. The molecule has 6 heteroatoms. The average molecular weight is 1110 g/mol. The molecule has 0 amide bonds. The molecule has 0 aromatic heterocycles. The molecule has 460 valence electrons. The Morgan fingerprint density at radius 2 is 0.487 bits per heavy atom. The normalized spacial score (nSPS) is 12.7. The number of hydrogen-bond acceptors (Lipinski definition) is 6. The highest BCUT2D eigenvalue weighted by molar-refractivity contribution is 5.71. The van der Waals surface area contributed by atoms with Crippen LogP contribution < -0.4 is 0 Å². The molecule has 0 spiro atoms. The number of carbonyl (C=O) groups excluding carboxylic acids is 3. The lowest BCUT2D eigenvalue weighted by Crippen LogP contribution is -2.30. The van der Waals surface area contributed by atoms with Gasteiger partial charge in [-0.25, -0.2) is 0 Å². The SMILES string of the molecule is CC/C=C\C/C=C\C/C=C\C/C=C\C/C=C\C/C=C\C/C=C\CCCCCCCCCCCCCC(=O)OCC(COC(=O)CCCCCCCCCC)OC(=O)CCCCCCCCCCC/C=C\CCCCCCCCCC. The van der Waals surface area contributed by atoms with Crippen molar-refractivity contribution in [1.29, 1.82) is 0 Å². The second-order valence-corrected chi connectivity index (χ2v) is 22.7. The lowest BCUT2D eigenvalue weighted by atomic mass is 10.0. The second-order valence-electron chi connectivity index (χ2n) is 22.7. The lowest BCUT2D eigenvalue weighted by Gasteiger charge is -2.18. The standard InChI is InChI=1S/C74H128O6/c1-4-7-10-13-16-19-21-23-25-27-29-31-32-33-34-35-36-37-38-39-40-41-42-44-45-47-49-51-53-55-58-61-64-67-73(76)79-70-71(69-78-72(75)66-63-60-57-18-15-12-9-6-3)80-74(77)68-65-62-59-56-54-52-50-48-46-43-30-28-26-24-22-20-17-14-11-8-5-2/h7,10,16,19,23,25,28-31,33-34,36-37,39-40,71H,4-6,8-9,11-15,17-18,20-22,24,26-27,32,35,38,41-70H2,1-3H3/b10-7-,19-16-,25-23-,30-28-,31-29-,34-33-,37-36-,40-39-. The Kier molecular flexibility index (Phi) is 64.7. The quantitative estimate of drug-likeness (QED) is 0.0261. The van der Waals surface area contributed by atoms with Gasteiger partial charge in [-0.15, -0.1) is 0 Å². The molecule has 0 bridgehead atoms. The van der Waals surface area contributed by atoms with Gasteiger partial charge in [0.1, 0.15) is 13.2 Å². The number of allylic oxidation sites excluding steroid dienone is 16. The molecule has 1 unspecified atom stereocenters. The fraction of sp³-hybridized carbons (Fsp3) is 0.743. The van der Waals surface area contributed by atoms with Crippen molar-refractivity contribution in [3.8, 4) is 0 Å². The van der Waals surface area contributed by atoms with E-state index >= 15 is 0 Å². The van der Waals surface area contributed by atoms with Crippen molar-refractivity contribution in [2.45, 2.75) is 341 Å². The van der Waals surface area contributed by atoms with E-state index in [1.165, 1.54) is 193 Å². The van der Waals surface area contributed by atoms with Gasteiger partial charge in [0.25, 0.3) is 0 Å². The Morgan fingerprint density at radius 1 is 0.263 bits per heavy atom. The number of unbranched alkanes of at least 4 members (excludes halogenated alkanes) is 35. The van der Waals surface area contributed by atoms with E-state index < -0.39 is 6.10 Å². The molecule has 6 nitrogen and oxygen atoms in total. The van der Waals surface area contributed by atoms with Gasteiger partial charge in [-0.2, -0.15) is 0 Å². The summed E-state index contributed by atoms with van der Waals surface area (Å²) in [5.74, 6) is -0.872. The van der Waals surface area contributed by atoms with Crippen molar-refractivity contribution in [1.82, 2.24) is 0 Å². The van der Waals surface area contributed by atoms with Crippen LogP contribution in [0.15, 0.2) is 97.2 Å². The molecule has 0 aliphatic carbocycles. The molecule has 0 radical (unpaired) electrons. The van der Waals surface area contributed by atoms with Crippen LogP contribution in [-0.2, 0) is 28.6 Å². The molecule has 0 saturated heterocycles. The van der Waals surface area contributed by atoms with E-state index in [2.05, 4.69) is 118 Å². The summed E-state index contributed by atoms with van der Waals surface area (Å²) in [5.41, 5.74) is 0. The van der Waals surface area contributed by atoms with E-state index in [4.69, 9.17) is 14.2 Å². The van der Waals surface area contributed by atoms with Gasteiger partial charge in [-0.05, 0) is 103 Å². The predicted molar refractivity (Wildman–Crippen MR) is 348 cm³/mol. The fourth-order valence-corrected chi connectivity index (χ4v) is 9.71. The highest BCUT2D eigenvalue weighted by Crippen LogP contribution is 2.17. The third-order valence-corrected chi connectivity index (χ3v) is 14.8. The van der Waals surface area contributed by atoms with Crippen LogP contribution in [0.1, 0.15) is 335 Å². The van der Waals surface area contributed by atoms with Gasteiger partial charge in [-0.1, -0.05) is 311 Å². The highest BCUT2D eigenvalue weighted by atomic mass is 16.6. The third kappa shape index (κ3) is 65.1. The Morgan fingerprint density at radius 3 is 0.775 bits per heavy atom. The van der Waals surface area contributed by atoms with E-state index in [-0.39, 0.29) is 31.1 Å². The summed E-state index contributed by atoms with van der Waals surface area (Å²) < 4.78 is 16.9. The van der Waals surface area contributed by atoms with Crippen molar-refractivity contribution >= 4 is 17.9 Å². The van der Waals surface area contributed by atoms with E-state index in [0.717, 1.165) is 103 Å². The molecule has 0 aromatic rings. The lowest BCUT2D eigenvalue weighted by molar-refractivity contribution is -0.167. The summed E-state index contributed by atoms with van der Waals surface area (Å²) in [6.45, 7) is 6.53. The largest absolute Gasteiger partial charge is 0.462 e. The molecule has 0 heterocycles. The van der Waals surface area contributed by atoms with E-state index in [0.29, 0.717) is 19.3 Å². The number of rotatable bonds is 62. The molecular formula is C74H128O6. The van der Waals surface area contributed by atoms with Crippen LogP contribution in [0.2, 0.25) is 0 Å². The van der Waals surface area contributed by atoms with Gasteiger partial charge >= 0.3 is 17.9 Å². The van der Waals surface area contributed by atoms with Gasteiger partial charge in [-0.3, -0.25) is 14.4 Å². The molecule has 0 aliphatic rings. The number of esters is 3. The summed E-state index contributed by atoms with van der Waals surface area (Å²) in [4.78, 5) is 38.2. The van der Waals surface area contributed by atoms with Crippen molar-refractivity contribution in [2.24, 2.45) is 0 Å². The third-order valence-electron chi connectivity index (χ3n) is 14.8. The minimum absolute atomic E-state index is 0.0753. The zero-order valence-electron chi connectivity index (χ0n) is 52.8. The summed E-state index contributed by atoms with van der Waals surface area (Å²) in [6.07, 6.45) is 91.6. The second kappa shape index (κ2) is 67.8. The predicted octanol–water partition coefficient (Wildman–Crippen LogP) is 23.6. The molecule has 0 aromatic carbocycles. The maximum Gasteiger partial charge on any atom is 0.306 e.